The van der Waals surface area contributed by atoms with E-state index in [4.69, 9.17) is 0 Å². The fourth-order valence-corrected chi connectivity index (χ4v) is 2.57. The van der Waals surface area contributed by atoms with Crippen LogP contribution in [0.2, 0.25) is 0 Å². The smallest absolute Gasteiger partial charge is 0.302 e. The van der Waals surface area contributed by atoms with Crippen molar-refractivity contribution in [3.8, 4) is 0 Å². The first-order valence-corrected chi connectivity index (χ1v) is 6.06. The fraction of sp³-hybridized carbons (Fsp3) is 0.538. The van der Waals surface area contributed by atoms with Crippen molar-refractivity contribution in [1.82, 2.24) is 5.32 Å². The topological polar surface area (TPSA) is 12.0 Å². The van der Waals surface area contributed by atoms with Crippen LogP contribution in [0.15, 0.2) is 30.3 Å². The molecule has 1 aliphatic heterocycles. The van der Waals surface area contributed by atoms with Gasteiger partial charge in [0.25, 0.3) is 0 Å². The average molecular weight is 279 g/mol. The van der Waals surface area contributed by atoms with Gasteiger partial charge in [-0.1, -0.05) is 30.3 Å². The summed E-state index contributed by atoms with van der Waals surface area (Å²) in [6, 6.07) is 7.17. The Kier molecular flexibility index (Phi) is 3.55. The molecule has 0 spiro atoms. The highest BCUT2D eigenvalue weighted by atomic mass is 19.4. The van der Waals surface area contributed by atoms with Gasteiger partial charge in [0.2, 0.25) is 0 Å². The molecule has 2 rings (SSSR count). The molecule has 106 valence electrons. The van der Waals surface area contributed by atoms with Crippen molar-refractivity contribution in [2.24, 2.45) is 0 Å². The zero-order valence-corrected chi connectivity index (χ0v) is 10.1. The van der Waals surface area contributed by atoms with Crippen LogP contribution in [0.5, 0.6) is 0 Å². The maximum absolute atomic E-state index is 14.0. The summed E-state index contributed by atoms with van der Waals surface area (Å²) in [7, 11) is 0. The third-order valence-corrected chi connectivity index (χ3v) is 3.56. The van der Waals surface area contributed by atoms with E-state index in [1.165, 1.54) is 24.3 Å². The Balaban J connectivity index is 2.53. The molecule has 1 saturated heterocycles. The highest BCUT2D eigenvalue weighted by Gasteiger charge is 2.70. The van der Waals surface area contributed by atoms with Crippen LogP contribution in [-0.2, 0) is 5.54 Å². The Morgan fingerprint density at radius 1 is 0.947 bits per heavy atom. The van der Waals surface area contributed by atoms with Crippen molar-refractivity contribution in [1.29, 1.82) is 0 Å². The third-order valence-electron chi connectivity index (χ3n) is 3.56. The van der Waals surface area contributed by atoms with Crippen LogP contribution in [-0.4, -0.2) is 18.6 Å². The molecule has 0 amide bonds. The largest absolute Gasteiger partial charge is 0.455 e. The van der Waals surface area contributed by atoms with E-state index >= 15 is 0 Å². The monoisotopic (exact) mass is 279 g/mol. The molecule has 0 bridgehead atoms. The Morgan fingerprint density at radius 3 is 2.05 bits per heavy atom. The summed E-state index contributed by atoms with van der Waals surface area (Å²) in [6.45, 7) is 0.153. The lowest BCUT2D eigenvalue weighted by Gasteiger charge is -2.44. The second-order valence-corrected chi connectivity index (χ2v) is 4.73. The summed E-state index contributed by atoms with van der Waals surface area (Å²) in [4.78, 5) is 0. The van der Waals surface area contributed by atoms with Gasteiger partial charge in [-0.05, 0) is 31.4 Å². The summed E-state index contributed by atoms with van der Waals surface area (Å²) >= 11 is 0. The molecule has 1 nitrogen and oxygen atoms in total. The Bertz CT molecular complexity index is 420. The highest BCUT2D eigenvalue weighted by Crippen LogP contribution is 2.51. The highest BCUT2D eigenvalue weighted by molar-refractivity contribution is 5.29. The quantitative estimate of drug-likeness (QED) is 0.811. The van der Waals surface area contributed by atoms with E-state index in [0.29, 0.717) is 12.8 Å². The van der Waals surface area contributed by atoms with E-state index in [9.17, 15) is 22.0 Å². The molecular weight excluding hydrogens is 265 g/mol. The number of alkyl halides is 5. The normalized spacial score (nSPS) is 25.3. The van der Waals surface area contributed by atoms with Gasteiger partial charge in [-0.15, -0.1) is 0 Å². The van der Waals surface area contributed by atoms with Crippen molar-refractivity contribution in [3.05, 3.63) is 35.9 Å². The molecule has 1 aromatic carbocycles. The Hall–Kier alpha value is -1.17. The van der Waals surface area contributed by atoms with Crippen LogP contribution < -0.4 is 5.32 Å². The maximum atomic E-state index is 14.0. The molecule has 1 fully saturated rings. The molecule has 0 saturated carbocycles. The van der Waals surface area contributed by atoms with Crippen molar-refractivity contribution in [2.45, 2.75) is 36.9 Å². The molecule has 19 heavy (non-hydrogen) atoms. The molecule has 1 aliphatic rings. The summed E-state index contributed by atoms with van der Waals surface area (Å²) < 4.78 is 66.2. The number of benzene rings is 1. The van der Waals surface area contributed by atoms with Crippen LogP contribution in [0.1, 0.15) is 24.8 Å². The lowest BCUT2D eigenvalue weighted by atomic mass is 9.77. The number of rotatable bonds is 2. The fourth-order valence-electron chi connectivity index (χ4n) is 2.57. The van der Waals surface area contributed by atoms with Gasteiger partial charge in [0, 0.05) is 0 Å². The molecule has 1 N–H and O–H groups in total. The average Bonchev–Trinajstić information content (AvgIpc) is 2.39. The van der Waals surface area contributed by atoms with E-state index < -0.39 is 17.6 Å². The van der Waals surface area contributed by atoms with Crippen molar-refractivity contribution < 1.29 is 22.0 Å². The van der Waals surface area contributed by atoms with Crippen LogP contribution in [0.25, 0.3) is 0 Å². The van der Waals surface area contributed by atoms with Gasteiger partial charge < -0.3 is 5.32 Å². The lowest BCUT2D eigenvalue weighted by Crippen LogP contribution is -2.63. The molecule has 6 heteroatoms. The zero-order valence-electron chi connectivity index (χ0n) is 10.1. The van der Waals surface area contributed by atoms with Gasteiger partial charge in [-0.2, -0.15) is 22.0 Å². The molecule has 1 heterocycles. The minimum Gasteiger partial charge on any atom is -0.302 e. The summed E-state index contributed by atoms with van der Waals surface area (Å²) in [6.07, 6.45) is -4.87. The molecular formula is C13H14F5N. The summed E-state index contributed by atoms with van der Waals surface area (Å²) in [5.41, 5.74) is -2.37. The molecule has 1 aromatic rings. The first-order chi connectivity index (χ1) is 8.81. The Morgan fingerprint density at radius 2 is 1.58 bits per heavy atom. The van der Waals surface area contributed by atoms with Crippen molar-refractivity contribution in [2.75, 3.05) is 6.54 Å². The van der Waals surface area contributed by atoms with Gasteiger partial charge in [0.05, 0.1) is 0 Å². The maximum Gasteiger partial charge on any atom is 0.455 e. The first kappa shape index (κ1) is 14.2. The Labute approximate surface area is 107 Å². The van der Waals surface area contributed by atoms with E-state index in [1.807, 2.05) is 0 Å². The molecule has 0 aromatic heterocycles. The van der Waals surface area contributed by atoms with Gasteiger partial charge in [-0.25, -0.2) is 0 Å². The molecule has 0 aliphatic carbocycles. The van der Waals surface area contributed by atoms with Crippen LogP contribution in [0, 0.1) is 0 Å². The SMILES string of the molecule is FC(F)(F)C(F)(F)C1(c2ccccc2)CCCCN1. The molecule has 1 atom stereocenters. The second kappa shape index (κ2) is 4.74. The molecule has 1 unspecified atom stereocenters. The van der Waals surface area contributed by atoms with Gasteiger partial charge >= 0.3 is 12.1 Å². The number of nitrogens with one attached hydrogen (secondary N) is 1. The van der Waals surface area contributed by atoms with Crippen LogP contribution in [0.3, 0.4) is 0 Å². The first-order valence-electron chi connectivity index (χ1n) is 6.06. The third kappa shape index (κ3) is 2.22. The van der Waals surface area contributed by atoms with Gasteiger partial charge in [0.15, 0.2) is 0 Å². The summed E-state index contributed by atoms with van der Waals surface area (Å²) in [5.74, 6) is -4.80. The van der Waals surface area contributed by atoms with E-state index in [1.54, 1.807) is 6.07 Å². The van der Waals surface area contributed by atoms with E-state index in [2.05, 4.69) is 5.32 Å². The second-order valence-electron chi connectivity index (χ2n) is 4.73. The van der Waals surface area contributed by atoms with Crippen LogP contribution in [0.4, 0.5) is 22.0 Å². The number of hydrogen-bond acceptors (Lipinski definition) is 1. The minimum absolute atomic E-state index is 0.0166. The number of halogens is 5. The van der Waals surface area contributed by atoms with Crippen molar-refractivity contribution in [3.63, 3.8) is 0 Å². The standard InChI is InChI=1S/C13H14F5N/c14-12(15,13(16,17)18)11(8-4-5-9-19-11)10-6-2-1-3-7-10/h1-3,6-7,19H,4-5,8-9H2. The number of hydrogen-bond donors (Lipinski definition) is 1. The zero-order chi connectivity index (χ0) is 14.1. The summed E-state index contributed by atoms with van der Waals surface area (Å²) in [5, 5.41) is 2.43. The predicted octanol–water partition coefficient (Wildman–Crippen LogP) is 3.85. The predicted molar refractivity (Wildman–Crippen MR) is 61.0 cm³/mol. The number of piperidine rings is 1. The van der Waals surface area contributed by atoms with Gasteiger partial charge in [-0.3, -0.25) is 0 Å². The van der Waals surface area contributed by atoms with E-state index in [0.717, 1.165) is 0 Å². The lowest BCUT2D eigenvalue weighted by molar-refractivity contribution is -0.317. The van der Waals surface area contributed by atoms with Crippen molar-refractivity contribution >= 4 is 0 Å². The molecule has 0 radical (unpaired) electrons. The van der Waals surface area contributed by atoms with Gasteiger partial charge in [0.1, 0.15) is 5.54 Å². The van der Waals surface area contributed by atoms with Crippen LogP contribution >= 0.6 is 0 Å². The van der Waals surface area contributed by atoms with E-state index in [-0.39, 0.29) is 18.5 Å². The minimum atomic E-state index is -5.58.